The molecule has 0 saturated carbocycles. The molecule has 8 heteroatoms. The van der Waals surface area contributed by atoms with E-state index in [-0.39, 0.29) is 26.5 Å². The largest absolute Gasteiger partial charge is 0.488 e. The van der Waals surface area contributed by atoms with E-state index in [0.29, 0.717) is 29.3 Å². The summed E-state index contributed by atoms with van der Waals surface area (Å²) in [7, 11) is 0. The molecular formula is C55H48N7Pt-3. The second-order valence-electron chi connectivity index (χ2n) is 17.8. The molecule has 0 radical (unpaired) electrons. The van der Waals surface area contributed by atoms with Crippen molar-refractivity contribution in [2.24, 2.45) is 0 Å². The van der Waals surface area contributed by atoms with Crippen molar-refractivity contribution in [2.75, 3.05) is 9.80 Å². The van der Waals surface area contributed by atoms with Gasteiger partial charge in [-0.05, 0) is 87.3 Å². The Kier molecular flexibility index (Phi) is 11.1. The van der Waals surface area contributed by atoms with Crippen LogP contribution in [0, 0.1) is 18.8 Å². The molecule has 0 N–H and O–H groups in total. The Bertz CT molecular complexity index is 3110. The van der Waals surface area contributed by atoms with Gasteiger partial charge in [0.2, 0.25) is 0 Å². The van der Waals surface area contributed by atoms with Crippen LogP contribution in [-0.2, 0) is 26.5 Å². The first-order valence-electron chi connectivity index (χ1n) is 21.4. The van der Waals surface area contributed by atoms with E-state index in [1.54, 1.807) is 0 Å². The van der Waals surface area contributed by atoms with Crippen LogP contribution < -0.4 is 9.80 Å². The van der Waals surface area contributed by atoms with Crippen molar-refractivity contribution in [1.82, 2.24) is 24.5 Å². The summed E-state index contributed by atoms with van der Waals surface area (Å²) in [5, 5.41) is 2.22. The average Bonchev–Trinajstić information content (AvgIpc) is 3.85. The molecule has 0 saturated heterocycles. The van der Waals surface area contributed by atoms with Crippen molar-refractivity contribution in [2.45, 2.75) is 65.7 Å². The predicted octanol–water partition coefficient (Wildman–Crippen LogP) is 13.9. The van der Waals surface area contributed by atoms with Gasteiger partial charge in [-0.2, -0.15) is 0 Å². The summed E-state index contributed by atoms with van der Waals surface area (Å²) in [5.74, 6) is 3.35. The molecule has 0 aliphatic carbocycles. The van der Waals surface area contributed by atoms with Gasteiger partial charge in [0.25, 0.3) is 0 Å². The van der Waals surface area contributed by atoms with Crippen LogP contribution in [0.1, 0.15) is 77.0 Å². The second kappa shape index (κ2) is 16.7. The summed E-state index contributed by atoms with van der Waals surface area (Å²) >= 11 is 0. The number of anilines is 4. The second-order valence-corrected chi connectivity index (χ2v) is 17.8. The Labute approximate surface area is 384 Å². The van der Waals surface area contributed by atoms with Gasteiger partial charge in [0.1, 0.15) is 11.6 Å². The van der Waals surface area contributed by atoms with E-state index in [0.717, 1.165) is 67.1 Å². The van der Waals surface area contributed by atoms with E-state index < -0.39 is 0 Å². The molecule has 0 atom stereocenters. The van der Waals surface area contributed by atoms with E-state index >= 15 is 0 Å². The minimum Gasteiger partial charge on any atom is -0.488 e. The summed E-state index contributed by atoms with van der Waals surface area (Å²) in [6, 6.07) is 56.5. The third-order valence-electron chi connectivity index (χ3n) is 11.9. The monoisotopic (exact) mass is 1000 g/mol. The summed E-state index contributed by atoms with van der Waals surface area (Å²) in [4.78, 5) is 24.8. The van der Waals surface area contributed by atoms with Crippen molar-refractivity contribution in [3.8, 4) is 40.0 Å². The summed E-state index contributed by atoms with van der Waals surface area (Å²) in [6.07, 6.45) is 1.90. The van der Waals surface area contributed by atoms with Gasteiger partial charge in [-0.25, -0.2) is 4.98 Å². The van der Waals surface area contributed by atoms with Crippen LogP contribution in [0.25, 0.3) is 61.8 Å². The van der Waals surface area contributed by atoms with Crippen LogP contribution in [-0.4, -0.2) is 24.5 Å². The maximum atomic E-state index is 5.20. The Morgan fingerprint density at radius 3 is 1.87 bits per heavy atom. The summed E-state index contributed by atoms with van der Waals surface area (Å²) < 4.78 is 2.21. The van der Waals surface area contributed by atoms with Gasteiger partial charge in [-0.3, -0.25) is 9.97 Å². The standard InChI is InChI=1S/C55H48N7.Pt/c1-35(2)37-19-21-39(22-20-37)52-57-53(40-13-12-14-44(31-40)61-34-60(48-17-10-11-18-49(48)61)43-26-23-38(24-27-43)36(3)4)59-54(58-52)41-25-28-46-45-15-8-9-16-47(45)62(50(46)32-41)51-33-42(29-30-56-51)55(5,6)7;/h8-30,33-36H,1-7H3;/q-3;. The molecule has 0 unspecified atom stereocenters. The zero-order valence-electron chi connectivity index (χ0n) is 36.5. The van der Waals surface area contributed by atoms with Crippen molar-refractivity contribution in [1.29, 1.82) is 0 Å². The van der Waals surface area contributed by atoms with E-state index in [1.807, 2.05) is 18.3 Å². The van der Waals surface area contributed by atoms with E-state index in [2.05, 4.69) is 209 Å². The molecule has 316 valence electrons. The molecule has 7 nitrogen and oxygen atoms in total. The van der Waals surface area contributed by atoms with Crippen molar-refractivity contribution >= 4 is 44.6 Å². The Morgan fingerprint density at radius 2 is 1.19 bits per heavy atom. The quantitative estimate of drug-likeness (QED) is 0.141. The molecular weight excluding hydrogens is 954 g/mol. The molecule has 0 fully saturated rings. The third-order valence-corrected chi connectivity index (χ3v) is 11.9. The summed E-state index contributed by atoms with van der Waals surface area (Å²) in [6.45, 7) is 17.7. The van der Waals surface area contributed by atoms with Gasteiger partial charge in [-0.1, -0.05) is 126 Å². The van der Waals surface area contributed by atoms with E-state index in [4.69, 9.17) is 19.9 Å². The predicted molar refractivity (Wildman–Crippen MR) is 254 cm³/mol. The number of rotatable bonds is 8. The van der Waals surface area contributed by atoms with Gasteiger partial charge < -0.3 is 19.4 Å². The van der Waals surface area contributed by atoms with Crippen LogP contribution in [0.3, 0.4) is 0 Å². The molecule has 0 spiro atoms. The van der Waals surface area contributed by atoms with Crippen molar-refractivity contribution in [3.05, 3.63) is 181 Å². The molecule has 1 aliphatic rings. The number of hydrogen-bond donors (Lipinski definition) is 0. The molecule has 9 aromatic rings. The minimum absolute atomic E-state index is 0. The number of nitrogens with zero attached hydrogens (tertiary/aromatic N) is 7. The first-order valence-corrected chi connectivity index (χ1v) is 21.4. The SMILES string of the molecule is CC(C)c1ccc(-c2nc(-c3[c-]c(N4[CH-]N(c5ccc(C(C)C)cc5)c5ccccc54)ccc3)nc(-c3[c-]c4c(cc3)c3ccccc3n4-c3cc(C(C)(C)C)ccn3)n2)cc1.[Pt]. The summed E-state index contributed by atoms with van der Waals surface area (Å²) in [5.41, 5.74) is 12.3. The molecule has 0 bridgehead atoms. The Hall–Kier alpha value is -6.43. The smallest absolute Gasteiger partial charge is 0.144 e. The zero-order valence-corrected chi connectivity index (χ0v) is 38.8. The molecule has 10 rings (SSSR count). The molecule has 0 amide bonds. The Morgan fingerprint density at radius 1 is 0.571 bits per heavy atom. The van der Waals surface area contributed by atoms with E-state index in [1.165, 1.54) is 16.7 Å². The van der Waals surface area contributed by atoms with Gasteiger partial charge in [0.15, 0.2) is 0 Å². The average molecular weight is 1000 g/mol. The fourth-order valence-electron chi connectivity index (χ4n) is 8.29. The fraction of sp³-hybridized carbons (Fsp3) is 0.182. The van der Waals surface area contributed by atoms with Gasteiger partial charge in [0.05, 0.1) is 11.6 Å². The fourth-order valence-corrected chi connectivity index (χ4v) is 8.29. The number of para-hydroxylation sites is 3. The Balaban J connectivity index is 0.00000504. The van der Waals surface area contributed by atoms with Crippen LogP contribution >= 0.6 is 0 Å². The number of hydrogen-bond acceptors (Lipinski definition) is 6. The maximum absolute atomic E-state index is 5.20. The van der Waals surface area contributed by atoms with E-state index in [9.17, 15) is 0 Å². The van der Waals surface area contributed by atoms with Gasteiger partial charge in [0, 0.05) is 55.4 Å². The van der Waals surface area contributed by atoms with Gasteiger partial charge >= 0.3 is 0 Å². The van der Waals surface area contributed by atoms with Crippen LogP contribution in [0.15, 0.2) is 146 Å². The molecule has 63 heavy (non-hydrogen) atoms. The molecule has 3 aromatic heterocycles. The maximum Gasteiger partial charge on any atom is 0.144 e. The van der Waals surface area contributed by atoms with Crippen LogP contribution in [0.2, 0.25) is 0 Å². The first-order chi connectivity index (χ1) is 30.0. The topological polar surface area (TPSA) is 63.0 Å². The van der Waals surface area contributed by atoms with Crippen LogP contribution in [0.5, 0.6) is 0 Å². The van der Waals surface area contributed by atoms with Crippen molar-refractivity contribution < 1.29 is 21.1 Å². The van der Waals surface area contributed by atoms with Crippen molar-refractivity contribution in [3.63, 3.8) is 0 Å². The van der Waals surface area contributed by atoms with Crippen LogP contribution in [0.4, 0.5) is 22.7 Å². The zero-order chi connectivity index (χ0) is 42.7. The first kappa shape index (κ1) is 41.9. The molecule has 4 heterocycles. The molecule has 6 aromatic carbocycles. The number of pyridine rings is 1. The minimum atomic E-state index is -0.0418. The number of fused-ring (bicyclic) bond motifs is 4. The number of benzene rings is 6. The van der Waals surface area contributed by atoms with Gasteiger partial charge in [-0.15, -0.1) is 60.3 Å². The third kappa shape index (κ3) is 7.85. The molecule has 1 aliphatic heterocycles. The number of aromatic nitrogens is 5. The normalized spacial score (nSPS) is 12.7.